The number of hydrogen-bond donors (Lipinski definition) is 2. The molecule has 19 heavy (non-hydrogen) atoms. The van der Waals surface area contributed by atoms with E-state index in [1.807, 2.05) is 6.92 Å². The lowest BCUT2D eigenvalue weighted by Gasteiger charge is -2.16. The number of ether oxygens (including phenoxy) is 1. The van der Waals surface area contributed by atoms with Gasteiger partial charge in [-0.2, -0.15) is 0 Å². The summed E-state index contributed by atoms with van der Waals surface area (Å²) in [6, 6.07) is 4.75. The molecule has 6 heteroatoms. The summed E-state index contributed by atoms with van der Waals surface area (Å²) in [5, 5.41) is 3.00. The van der Waals surface area contributed by atoms with E-state index in [1.54, 1.807) is 18.2 Å². The van der Waals surface area contributed by atoms with Gasteiger partial charge in [0.25, 0.3) is 5.91 Å². The van der Waals surface area contributed by atoms with Gasteiger partial charge in [-0.1, -0.05) is 6.07 Å². The van der Waals surface area contributed by atoms with Crippen LogP contribution in [0.15, 0.2) is 18.2 Å². The summed E-state index contributed by atoms with van der Waals surface area (Å²) in [5.74, 6) is 0.130. The number of benzene rings is 1. The van der Waals surface area contributed by atoms with Gasteiger partial charge >= 0.3 is 0 Å². The van der Waals surface area contributed by atoms with Crippen LogP contribution in [-0.4, -0.2) is 36.4 Å². The zero-order chi connectivity index (χ0) is 14.0. The number of imide groups is 1. The summed E-state index contributed by atoms with van der Waals surface area (Å²) in [7, 11) is 1.48. The topological polar surface area (TPSA) is 84.7 Å². The van der Waals surface area contributed by atoms with Gasteiger partial charge in [-0.25, -0.2) is 0 Å². The van der Waals surface area contributed by atoms with Crippen LogP contribution in [0.2, 0.25) is 0 Å². The average molecular weight is 263 g/mol. The minimum absolute atomic E-state index is 0.146. The first-order valence-corrected chi connectivity index (χ1v) is 6.12. The van der Waals surface area contributed by atoms with Gasteiger partial charge in [-0.05, 0) is 19.1 Å². The first-order valence-electron chi connectivity index (χ1n) is 6.12. The van der Waals surface area contributed by atoms with Crippen molar-refractivity contribution in [1.29, 1.82) is 0 Å². The van der Waals surface area contributed by atoms with Crippen molar-refractivity contribution >= 4 is 23.2 Å². The number of nitrogens with two attached hydrogens (primary N) is 1. The normalized spacial score (nSPS) is 18.8. The monoisotopic (exact) mass is 263 g/mol. The van der Waals surface area contributed by atoms with Crippen molar-refractivity contribution < 1.29 is 14.3 Å². The maximum absolute atomic E-state index is 11.8. The lowest BCUT2D eigenvalue weighted by atomic mass is 10.2. The van der Waals surface area contributed by atoms with E-state index in [2.05, 4.69) is 5.32 Å². The minimum Gasteiger partial charge on any atom is -0.492 e. The number of nitrogens with one attached hydrogen (secondary N) is 1. The number of nitrogen functional groups attached to an aromatic ring is 1. The summed E-state index contributed by atoms with van der Waals surface area (Å²) in [6.45, 7) is 2.38. The number of carbonyl (C=O) groups excluding carboxylic acids is 2. The Hall–Kier alpha value is -2.24. The van der Waals surface area contributed by atoms with Crippen molar-refractivity contribution in [3.8, 4) is 5.75 Å². The maximum atomic E-state index is 11.8. The maximum Gasteiger partial charge on any atom is 0.251 e. The van der Waals surface area contributed by atoms with Crippen LogP contribution in [0, 0.1) is 0 Å². The van der Waals surface area contributed by atoms with Gasteiger partial charge in [-0.15, -0.1) is 0 Å². The number of nitrogens with zero attached hydrogens (tertiary/aromatic N) is 1. The van der Waals surface area contributed by atoms with Crippen molar-refractivity contribution in [2.75, 3.05) is 24.7 Å². The molecular weight excluding hydrogens is 246 g/mol. The van der Waals surface area contributed by atoms with Crippen LogP contribution in [0.4, 0.5) is 11.4 Å². The van der Waals surface area contributed by atoms with Crippen LogP contribution in [0.25, 0.3) is 0 Å². The zero-order valence-electron chi connectivity index (χ0n) is 11.0. The highest BCUT2D eigenvalue weighted by atomic mass is 16.5. The lowest BCUT2D eigenvalue weighted by Crippen LogP contribution is -2.32. The van der Waals surface area contributed by atoms with Crippen molar-refractivity contribution in [2.24, 2.45) is 0 Å². The number of carbonyl (C=O) groups is 2. The molecule has 1 aromatic carbocycles. The zero-order valence-corrected chi connectivity index (χ0v) is 11.0. The second-order valence-electron chi connectivity index (χ2n) is 4.34. The number of likely N-dealkylation sites (N-methyl/N-ethyl adjacent to an activating group) is 1. The van der Waals surface area contributed by atoms with E-state index in [9.17, 15) is 9.59 Å². The van der Waals surface area contributed by atoms with Gasteiger partial charge in [0.2, 0.25) is 5.91 Å². The molecule has 0 spiro atoms. The fourth-order valence-electron chi connectivity index (χ4n) is 2.01. The fraction of sp³-hybridized carbons (Fsp3) is 0.385. The van der Waals surface area contributed by atoms with E-state index >= 15 is 0 Å². The minimum atomic E-state index is -0.559. The Morgan fingerprint density at radius 2 is 2.21 bits per heavy atom. The lowest BCUT2D eigenvalue weighted by molar-refractivity contribution is -0.136. The second-order valence-corrected chi connectivity index (χ2v) is 4.34. The summed E-state index contributed by atoms with van der Waals surface area (Å²) in [6.07, 6.45) is 0.146. The standard InChI is InChI=1S/C13H17N3O3/c1-3-19-10-6-4-5-8(12(10)14)15-9-7-11(17)16(2)13(9)18/h4-6,9,15H,3,7,14H2,1-2H3. The van der Waals surface area contributed by atoms with Crippen LogP contribution < -0.4 is 15.8 Å². The number of anilines is 2. The molecule has 1 unspecified atom stereocenters. The van der Waals surface area contributed by atoms with E-state index < -0.39 is 6.04 Å². The first-order chi connectivity index (χ1) is 9.04. The second kappa shape index (κ2) is 5.17. The van der Waals surface area contributed by atoms with Gasteiger partial charge in [0.15, 0.2) is 0 Å². The molecule has 0 bridgehead atoms. The molecule has 1 aliphatic heterocycles. The smallest absolute Gasteiger partial charge is 0.251 e. The van der Waals surface area contributed by atoms with Crippen molar-refractivity contribution in [1.82, 2.24) is 4.90 Å². The number of amides is 2. The third-order valence-electron chi connectivity index (χ3n) is 3.08. The highest BCUT2D eigenvalue weighted by Crippen LogP contribution is 2.30. The number of hydrogen-bond acceptors (Lipinski definition) is 5. The van der Waals surface area contributed by atoms with Crippen LogP contribution in [0.1, 0.15) is 13.3 Å². The Morgan fingerprint density at radius 1 is 1.47 bits per heavy atom. The molecular formula is C13H17N3O3. The van der Waals surface area contributed by atoms with Crippen molar-refractivity contribution in [2.45, 2.75) is 19.4 Å². The molecule has 2 rings (SSSR count). The Kier molecular flexibility index (Phi) is 3.59. The number of para-hydroxylation sites is 1. The van der Waals surface area contributed by atoms with E-state index in [0.717, 1.165) is 4.90 Å². The van der Waals surface area contributed by atoms with Gasteiger partial charge in [-0.3, -0.25) is 14.5 Å². The number of rotatable bonds is 4. The predicted octanol–water partition coefficient (Wildman–Crippen LogP) is 0.837. The molecule has 6 nitrogen and oxygen atoms in total. The van der Waals surface area contributed by atoms with Gasteiger partial charge in [0.1, 0.15) is 11.8 Å². The molecule has 1 heterocycles. The van der Waals surface area contributed by atoms with E-state index in [1.165, 1.54) is 7.05 Å². The molecule has 1 aliphatic rings. The first kappa shape index (κ1) is 13.2. The summed E-state index contributed by atoms with van der Waals surface area (Å²) < 4.78 is 5.38. The molecule has 1 fully saturated rings. The Labute approximate surface area is 111 Å². The van der Waals surface area contributed by atoms with E-state index in [0.29, 0.717) is 23.7 Å². The van der Waals surface area contributed by atoms with Crippen LogP contribution >= 0.6 is 0 Å². The Morgan fingerprint density at radius 3 is 2.79 bits per heavy atom. The fourth-order valence-corrected chi connectivity index (χ4v) is 2.01. The molecule has 0 aliphatic carbocycles. The Balaban J connectivity index is 2.18. The quantitative estimate of drug-likeness (QED) is 0.621. The highest BCUT2D eigenvalue weighted by molar-refractivity contribution is 6.06. The molecule has 1 aromatic rings. The molecule has 3 N–H and O–H groups in total. The van der Waals surface area contributed by atoms with E-state index in [-0.39, 0.29) is 18.2 Å². The molecule has 0 radical (unpaired) electrons. The summed E-state index contributed by atoms with van der Waals surface area (Å²) >= 11 is 0. The van der Waals surface area contributed by atoms with Crippen LogP contribution in [0.3, 0.4) is 0 Å². The van der Waals surface area contributed by atoms with Gasteiger partial charge in [0, 0.05) is 7.05 Å². The third-order valence-corrected chi connectivity index (χ3v) is 3.08. The van der Waals surface area contributed by atoms with Crippen LogP contribution in [-0.2, 0) is 9.59 Å². The average Bonchev–Trinajstić information content (AvgIpc) is 2.62. The molecule has 2 amide bonds. The molecule has 1 atom stereocenters. The van der Waals surface area contributed by atoms with Crippen molar-refractivity contribution in [3.63, 3.8) is 0 Å². The highest BCUT2D eigenvalue weighted by Gasteiger charge is 2.36. The van der Waals surface area contributed by atoms with Gasteiger partial charge < -0.3 is 15.8 Å². The van der Waals surface area contributed by atoms with Crippen LogP contribution in [0.5, 0.6) is 5.75 Å². The molecule has 1 saturated heterocycles. The molecule has 0 aromatic heterocycles. The SMILES string of the molecule is CCOc1cccc(NC2CC(=O)N(C)C2=O)c1N. The Bertz CT molecular complexity index is 516. The van der Waals surface area contributed by atoms with E-state index in [4.69, 9.17) is 10.5 Å². The third kappa shape index (κ3) is 2.47. The van der Waals surface area contributed by atoms with Gasteiger partial charge in [0.05, 0.1) is 24.4 Å². The molecule has 0 saturated carbocycles. The predicted molar refractivity (Wildman–Crippen MR) is 71.8 cm³/mol. The summed E-state index contributed by atoms with van der Waals surface area (Å²) in [5.41, 5.74) is 7.01. The van der Waals surface area contributed by atoms with Crippen molar-refractivity contribution in [3.05, 3.63) is 18.2 Å². The molecule has 102 valence electrons. The largest absolute Gasteiger partial charge is 0.492 e. The summed E-state index contributed by atoms with van der Waals surface area (Å²) in [4.78, 5) is 24.4. The number of likely N-dealkylation sites (tertiary alicyclic amines) is 1.